The Hall–Kier alpha value is -4.44. The number of carbonyl (C=O) groups is 1. The zero-order chi connectivity index (χ0) is 24.6. The molecule has 0 aliphatic carbocycles. The van der Waals surface area contributed by atoms with Crippen molar-refractivity contribution in [3.8, 4) is 17.5 Å². The van der Waals surface area contributed by atoms with Crippen LogP contribution in [0.25, 0.3) is 16.7 Å². The molecule has 0 radical (unpaired) electrons. The number of hydrogen-bond acceptors (Lipinski definition) is 8. The Morgan fingerprint density at radius 2 is 2.12 bits per heavy atom. The molecule has 174 valence electrons. The van der Waals surface area contributed by atoms with E-state index in [1.54, 1.807) is 0 Å². The van der Waals surface area contributed by atoms with Crippen molar-refractivity contribution in [2.45, 2.75) is 19.0 Å². The number of halogens is 3. The standard InChI is InChI=1S/C21H16F3N7O3/c1-21(33,13-4-6-34-30-13)5-3-10-7-11(8-12(15(10)22)20(32)26-2)31-19-14(16(29-31)17(23)24)18(25)27-9-28-19/h4,6-9,17,33H,1-2H3,(H,26,32)(H2,25,27,28)/t21-/m1/s1. The Bertz CT molecular complexity index is 1450. The summed E-state index contributed by atoms with van der Waals surface area (Å²) in [6, 6.07) is 3.66. The van der Waals surface area contributed by atoms with Crippen molar-refractivity contribution in [2.24, 2.45) is 0 Å². The van der Waals surface area contributed by atoms with Crippen LogP contribution in [-0.4, -0.2) is 43.0 Å². The van der Waals surface area contributed by atoms with Gasteiger partial charge in [0.15, 0.2) is 17.1 Å². The van der Waals surface area contributed by atoms with Crippen LogP contribution in [-0.2, 0) is 5.60 Å². The Balaban J connectivity index is 1.95. The van der Waals surface area contributed by atoms with Crippen molar-refractivity contribution < 1.29 is 27.6 Å². The van der Waals surface area contributed by atoms with Crippen molar-refractivity contribution in [1.82, 2.24) is 30.2 Å². The van der Waals surface area contributed by atoms with E-state index in [-0.39, 0.29) is 33.8 Å². The number of nitrogens with one attached hydrogen (secondary N) is 1. The summed E-state index contributed by atoms with van der Waals surface area (Å²) in [5.74, 6) is 2.93. The zero-order valence-electron chi connectivity index (χ0n) is 17.7. The lowest BCUT2D eigenvalue weighted by molar-refractivity contribution is 0.0958. The number of nitrogens with zero attached hydrogens (tertiary/aromatic N) is 5. The summed E-state index contributed by atoms with van der Waals surface area (Å²) in [5.41, 5.74) is 2.51. The van der Waals surface area contributed by atoms with Gasteiger partial charge in [0, 0.05) is 13.1 Å². The highest BCUT2D eigenvalue weighted by Gasteiger charge is 2.26. The number of nitrogens with two attached hydrogens (primary N) is 1. The molecule has 0 spiro atoms. The summed E-state index contributed by atoms with van der Waals surface area (Å²) in [4.78, 5) is 20.0. The minimum Gasteiger partial charge on any atom is -0.383 e. The van der Waals surface area contributed by atoms with Crippen LogP contribution in [0.4, 0.5) is 19.0 Å². The quantitative estimate of drug-likeness (QED) is 0.384. The Labute approximate surface area is 189 Å². The monoisotopic (exact) mass is 471 g/mol. The van der Waals surface area contributed by atoms with Crippen molar-refractivity contribution in [1.29, 1.82) is 0 Å². The largest absolute Gasteiger partial charge is 0.383 e. The summed E-state index contributed by atoms with van der Waals surface area (Å²) in [7, 11) is 1.29. The van der Waals surface area contributed by atoms with Gasteiger partial charge >= 0.3 is 0 Å². The van der Waals surface area contributed by atoms with Crippen LogP contribution in [0.1, 0.15) is 40.7 Å². The minimum absolute atomic E-state index is 0.000351. The number of alkyl halides is 2. The topological polar surface area (TPSA) is 145 Å². The van der Waals surface area contributed by atoms with Crippen molar-refractivity contribution in [3.05, 3.63) is 59.1 Å². The van der Waals surface area contributed by atoms with Crippen LogP contribution < -0.4 is 11.1 Å². The number of carbonyl (C=O) groups excluding carboxylic acids is 1. The fraction of sp³-hybridized carbons (Fsp3) is 0.190. The molecule has 0 unspecified atom stereocenters. The predicted octanol–water partition coefficient (Wildman–Crippen LogP) is 2.08. The molecule has 1 amide bonds. The van der Waals surface area contributed by atoms with Gasteiger partial charge in [-0.1, -0.05) is 17.0 Å². The third-order valence-electron chi connectivity index (χ3n) is 4.88. The lowest BCUT2D eigenvalue weighted by Gasteiger charge is -2.12. The number of rotatable bonds is 4. The second-order valence-corrected chi connectivity index (χ2v) is 7.20. The van der Waals surface area contributed by atoms with Gasteiger partial charge in [0.25, 0.3) is 12.3 Å². The molecule has 3 aromatic heterocycles. The molecular formula is C21H16F3N7O3. The molecule has 0 aliphatic heterocycles. The molecular weight excluding hydrogens is 455 g/mol. The molecule has 13 heteroatoms. The van der Waals surface area contributed by atoms with Gasteiger partial charge in [-0.3, -0.25) is 4.79 Å². The van der Waals surface area contributed by atoms with Gasteiger partial charge in [-0.25, -0.2) is 27.8 Å². The van der Waals surface area contributed by atoms with E-state index < -0.39 is 35.0 Å². The van der Waals surface area contributed by atoms with Gasteiger partial charge in [0.05, 0.1) is 22.2 Å². The highest BCUT2D eigenvalue weighted by Crippen LogP contribution is 2.31. The van der Waals surface area contributed by atoms with Crippen LogP contribution in [0.15, 0.2) is 35.3 Å². The van der Waals surface area contributed by atoms with Crippen molar-refractivity contribution in [3.63, 3.8) is 0 Å². The molecule has 34 heavy (non-hydrogen) atoms. The average molecular weight is 471 g/mol. The first kappa shape index (κ1) is 22.7. The first-order valence-electron chi connectivity index (χ1n) is 9.63. The molecule has 4 rings (SSSR count). The third-order valence-corrected chi connectivity index (χ3v) is 4.88. The van der Waals surface area contributed by atoms with Crippen LogP contribution in [0.3, 0.4) is 0 Å². The maximum Gasteiger partial charge on any atom is 0.282 e. The maximum absolute atomic E-state index is 15.2. The number of benzene rings is 1. The molecule has 0 fully saturated rings. The Kier molecular flexibility index (Phi) is 5.68. The third kappa shape index (κ3) is 3.90. The lowest BCUT2D eigenvalue weighted by Crippen LogP contribution is -2.21. The van der Waals surface area contributed by atoms with Gasteiger partial charge in [-0.05, 0) is 19.1 Å². The molecule has 0 bridgehead atoms. The summed E-state index contributed by atoms with van der Waals surface area (Å²) in [5, 5.41) is 20.2. The maximum atomic E-state index is 15.2. The minimum atomic E-state index is -3.01. The van der Waals surface area contributed by atoms with E-state index in [0.29, 0.717) is 0 Å². The van der Waals surface area contributed by atoms with E-state index in [2.05, 4.69) is 37.4 Å². The molecule has 4 aromatic rings. The number of anilines is 1. The van der Waals surface area contributed by atoms with E-state index in [0.717, 1.165) is 17.1 Å². The number of nitrogen functional groups attached to an aromatic ring is 1. The van der Waals surface area contributed by atoms with Gasteiger partial charge < -0.3 is 20.7 Å². The number of fused-ring (bicyclic) bond motifs is 1. The van der Waals surface area contributed by atoms with Gasteiger partial charge in [-0.15, -0.1) is 0 Å². The second kappa shape index (κ2) is 8.49. The fourth-order valence-electron chi connectivity index (χ4n) is 3.17. The van der Waals surface area contributed by atoms with Crippen LogP contribution in [0.2, 0.25) is 0 Å². The summed E-state index contributed by atoms with van der Waals surface area (Å²) < 4.78 is 48.1. The van der Waals surface area contributed by atoms with E-state index in [1.807, 2.05) is 0 Å². The summed E-state index contributed by atoms with van der Waals surface area (Å²) >= 11 is 0. The smallest absolute Gasteiger partial charge is 0.282 e. The summed E-state index contributed by atoms with van der Waals surface area (Å²) in [6.45, 7) is 1.31. The molecule has 4 N–H and O–H groups in total. The van der Waals surface area contributed by atoms with Gasteiger partial charge in [0.1, 0.15) is 29.8 Å². The Morgan fingerprint density at radius 3 is 2.76 bits per heavy atom. The molecule has 1 atom stereocenters. The highest BCUT2D eigenvalue weighted by molar-refractivity contribution is 5.96. The molecule has 3 heterocycles. The van der Waals surface area contributed by atoms with Gasteiger partial charge in [-0.2, -0.15) is 5.10 Å². The highest BCUT2D eigenvalue weighted by atomic mass is 19.3. The molecule has 0 saturated heterocycles. The lowest BCUT2D eigenvalue weighted by atomic mass is 10.0. The predicted molar refractivity (Wildman–Crippen MR) is 112 cm³/mol. The number of aliphatic hydroxyl groups is 1. The Morgan fingerprint density at radius 1 is 1.35 bits per heavy atom. The zero-order valence-corrected chi connectivity index (χ0v) is 17.7. The average Bonchev–Trinajstić information content (AvgIpc) is 3.47. The SMILES string of the molecule is CNC(=O)c1cc(-n2nc(C(F)F)c3c(N)ncnc32)cc(C#C[C@@](C)(O)c2ccon2)c1F. The van der Waals surface area contributed by atoms with E-state index in [4.69, 9.17) is 10.3 Å². The molecule has 1 aromatic carbocycles. The number of aromatic nitrogens is 5. The van der Waals surface area contributed by atoms with E-state index in [9.17, 15) is 18.7 Å². The fourth-order valence-corrected chi connectivity index (χ4v) is 3.17. The first-order valence-corrected chi connectivity index (χ1v) is 9.63. The van der Waals surface area contributed by atoms with Crippen molar-refractivity contribution in [2.75, 3.05) is 12.8 Å². The van der Waals surface area contributed by atoms with E-state index in [1.165, 1.54) is 32.4 Å². The second-order valence-electron chi connectivity index (χ2n) is 7.20. The number of hydrogen-bond donors (Lipinski definition) is 3. The first-order chi connectivity index (χ1) is 16.1. The van der Waals surface area contributed by atoms with Crippen LogP contribution in [0.5, 0.6) is 0 Å². The van der Waals surface area contributed by atoms with Crippen molar-refractivity contribution >= 4 is 22.8 Å². The number of amides is 1. The molecule has 0 saturated carbocycles. The van der Waals surface area contributed by atoms with Crippen LogP contribution >= 0.6 is 0 Å². The van der Waals surface area contributed by atoms with Gasteiger partial charge in [0.2, 0.25) is 0 Å². The summed E-state index contributed by atoms with van der Waals surface area (Å²) in [6.07, 6.45) is -0.718. The normalized spacial score (nSPS) is 12.9. The molecule has 10 nitrogen and oxygen atoms in total. The van der Waals surface area contributed by atoms with Crippen LogP contribution in [0, 0.1) is 17.7 Å². The molecule has 0 aliphatic rings. The van der Waals surface area contributed by atoms with E-state index >= 15 is 4.39 Å².